The van der Waals surface area contributed by atoms with E-state index in [9.17, 15) is 4.79 Å². The number of ketones is 1. The molecule has 1 aliphatic rings. The number of carbonyl (C=O) groups excluding carboxylic acids is 1. The van der Waals surface area contributed by atoms with Crippen LogP contribution in [0.3, 0.4) is 0 Å². The number of hydrogen-bond acceptors (Lipinski definition) is 2. The fourth-order valence-electron chi connectivity index (χ4n) is 3.86. The zero-order valence-corrected chi connectivity index (χ0v) is 17.7. The van der Waals surface area contributed by atoms with Gasteiger partial charge >= 0.3 is 0 Å². The highest BCUT2D eigenvalue weighted by Gasteiger charge is 2.17. The minimum Gasteiger partial charge on any atom is -0.289 e. The van der Waals surface area contributed by atoms with Crippen LogP contribution in [0.1, 0.15) is 22.3 Å². The van der Waals surface area contributed by atoms with Crippen molar-refractivity contribution in [2.45, 2.75) is 0 Å². The summed E-state index contributed by atoms with van der Waals surface area (Å²) in [6.45, 7) is 0. The molecule has 0 N–H and O–H groups in total. The highest BCUT2D eigenvalue weighted by atomic mass is 32.1. The second-order valence-electron chi connectivity index (χ2n) is 7.37. The molecule has 0 aliphatic heterocycles. The maximum atomic E-state index is 12.8. The van der Waals surface area contributed by atoms with Crippen LogP contribution in [0, 0.1) is 0 Å². The van der Waals surface area contributed by atoms with E-state index < -0.39 is 0 Å². The Morgan fingerprint density at radius 1 is 0.742 bits per heavy atom. The third kappa shape index (κ3) is 3.98. The van der Waals surface area contributed by atoms with Crippen molar-refractivity contribution in [2.75, 3.05) is 0 Å². The molecule has 0 saturated heterocycles. The van der Waals surface area contributed by atoms with Gasteiger partial charge in [0.1, 0.15) is 0 Å². The van der Waals surface area contributed by atoms with Crippen molar-refractivity contribution in [1.29, 1.82) is 0 Å². The lowest BCUT2D eigenvalue weighted by molar-refractivity contribution is -0.109. The third-order valence-electron chi connectivity index (χ3n) is 5.41. The molecule has 1 heterocycles. The summed E-state index contributed by atoms with van der Waals surface area (Å²) in [6.07, 6.45) is 7.62. The molecule has 1 aliphatic carbocycles. The second-order valence-corrected chi connectivity index (χ2v) is 8.32. The van der Waals surface area contributed by atoms with Crippen molar-refractivity contribution in [3.05, 3.63) is 137 Å². The lowest BCUT2D eigenvalue weighted by Crippen LogP contribution is -2.04. The van der Waals surface area contributed by atoms with Gasteiger partial charge in [-0.25, -0.2) is 0 Å². The molecule has 2 heteroatoms. The molecule has 1 nitrogen and oxygen atoms in total. The van der Waals surface area contributed by atoms with E-state index in [0.717, 1.165) is 33.4 Å². The Morgan fingerprint density at radius 2 is 1.45 bits per heavy atom. The molecule has 0 amide bonds. The van der Waals surface area contributed by atoms with Crippen molar-refractivity contribution in [3.8, 4) is 10.4 Å². The summed E-state index contributed by atoms with van der Waals surface area (Å²) in [5.41, 5.74) is 7.29. The molecule has 0 bridgehead atoms. The Hall–Kier alpha value is -3.75. The smallest absolute Gasteiger partial charge is 0.186 e. The highest BCUT2D eigenvalue weighted by molar-refractivity contribution is 7.13. The standard InChI is InChI=1S/C29H20OS/c30-28-18-14-23-20-24(29-12-7-19-31-29)13-15-26(23)27(28)17-16-25(21-8-3-1-4-9-21)22-10-5-2-6-11-22/h1-20H/b27-17-. The number of fused-ring (bicyclic) bond motifs is 1. The van der Waals surface area contributed by atoms with Gasteiger partial charge in [-0.3, -0.25) is 4.79 Å². The number of benzene rings is 3. The number of thiophene rings is 1. The highest BCUT2D eigenvalue weighted by Crippen LogP contribution is 2.33. The van der Waals surface area contributed by atoms with Gasteiger partial charge in [0, 0.05) is 10.5 Å². The SMILES string of the molecule is O=C1C=Cc2cc(-c3cccs3)ccc2/C1=C/C=C(c1ccccc1)c1ccccc1. The molecule has 0 fully saturated rings. The molecule has 4 aromatic rings. The van der Waals surface area contributed by atoms with Crippen LogP contribution in [-0.2, 0) is 4.79 Å². The molecule has 148 valence electrons. The number of allylic oxidation sites excluding steroid dienone is 4. The predicted molar refractivity (Wildman–Crippen MR) is 132 cm³/mol. The molecule has 0 spiro atoms. The molecule has 5 rings (SSSR count). The summed E-state index contributed by atoms with van der Waals surface area (Å²) in [5, 5.41) is 2.08. The first-order valence-corrected chi connectivity index (χ1v) is 11.1. The van der Waals surface area contributed by atoms with Crippen LogP contribution in [-0.4, -0.2) is 5.78 Å². The van der Waals surface area contributed by atoms with E-state index in [2.05, 4.69) is 66.1 Å². The van der Waals surface area contributed by atoms with Gasteiger partial charge in [-0.15, -0.1) is 11.3 Å². The van der Waals surface area contributed by atoms with E-state index >= 15 is 0 Å². The Balaban J connectivity index is 1.60. The molecular formula is C29H20OS. The Morgan fingerprint density at radius 3 is 2.10 bits per heavy atom. The van der Waals surface area contributed by atoms with Gasteiger partial charge in [0.15, 0.2) is 5.78 Å². The van der Waals surface area contributed by atoms with Crippen LogP contribution in [0.25, 0.3) is 27.7 Å². The van der Waals surface area contributed by atoms with E-state index in [1.54, 1.807) is 17.4 Å². The summed E-state index contributed by atoms with van der Waals surface area (Å²) in [6, 6.07) is 31.1. The van der Waals surface area contributed by atoms with Crippen molar-refractivity contribution in [1.82, 2.24) is 0 Å². The average Bonchev–Trinajstić information content (AvgIpc) is 3.37. The van der Waals surface area contributed by atoms with E-state index in [-0.39, 0.29) is 5.78 Å². The van der Waals surface area contributed by atoms with Crippen molar-refractivity contribution in [2.24, 2.45) is 0 Å². The van der Waals surface area contributed by atoms with Gasteiger partial charge in [0.2, 0.25) is 0 Å². The summed E-state index contributed by atoms with van der Waals surface area (Å²) >= 11 is 1.72. The van der Waals surface area contributed by atoms with Crippen LogP contribution in [0.5, 0.6) is 0 Å². The summed E-state index contributed by atoms with van der Waals surface area (Å²) in [5.74, 6) is 0.0353. The maximum absolute atomic E-state index is 12.8. The van der Waals surface area contributed by atoms with E-state index in [1.807, 2.05) is 48.6 Å². The topological polar surface area (TPSA) is 17.1 Å². The quantitative estimate of drug-likeness (QED) is 0.314. The van der Waals surface area contributed by atoms with Crippen molar-refractivity contribution < 1.29 is 4.79 Å². The van der Waals surface area contributed by atoms with Gasteiger partial charge < -0.3 is 0 Å². The van der Waals surface area contributed by atoms with Crippen molar-refractivity contribution in [3.63, 3.8) is 0 Å². The van der Waals surface area contributed by atoms with E-state index in [4.69, 9.17) is 0 Å². The molecule has 31 heavy (non-hydrogen) atoms. The van der Waals surface area contributed by atoms with Gasteiger partial charge in [-0.2, -0.15) is 0 Å². The average molecular weight is 417 g/mol. The van der Waals surface area contributed by atoms with Crippen LogP contribution in [0.4, 0.5) is 0 Å². The molecule has 1 aromatic heterocycles. The maximum Gasteiger partial charge on any atom is 0.186 e. The van der Waals surface area contributed by atoms with E-state index in [1.165, 1.54) is 10.4 Å². The zero-order chi connectivity index (χ0) is 21.0. The Kier molecular flexibility index (Phi) is 5.30. The fraction of sp³-hybridized carbons (Fsp3) is 0. The van der Waals surface area contributed by atoms with Gasteiger partial charge in [0.25, 0.3) is 0 Å². The van der Waals surface area contributed by atoms with Crippen LogP contribution in [0.2, 0.25) is 0 Å². The predicted octanol–water partition coefficient (Wildman–Crippen LogP) is 7.53. The van der Waals surface area contributed by atoms with Gasteiger partial charge in [-0.1, -0.05) is 91.0 Å². The van der Waals surface area contributed by atoms with Crippen LogP contribution < -0.4 is 0 Å². The normalized spacial score (nSPS) is 13.8. The van der Waals surface area contributed by atoms with Gasteiger partial charge in [0.05, 0.1) is 0 Å². The lowest BCUT2D eigenvalue weighted by Gasteiger charge is -2.15. The number of hydrogen-bond donors (Lipinski definition) is 0. The second kappa shape index (κ2) is 8.55. The Bertz CT molecular complexity index is 1270. The third-order valence-corrected chi connectivity index (χ3v) is 6.33. The van der Waals surface area contributed by atoms with Crippen LogP contribution >= 0.6 is 11.3 Å². The molecule has 0 unspecified atom stereocenters. The number of carbonyl (C=O) groups is 1. The zero-order valence-electron chi connectivity index (χ0n) is 16.9. The minimum absolute atomic E-state index is 0.0353. The first-order valence-electron chi connectivity index (χ1n) is 10.2. The summed E-state index contributed by atoms with van der Waals surface area (Å²) in [4.78, 5) is 14.0. The monoisotopic (exact) mass is 416 g/mol. The Labute approximate surface area is 186 Å². The molecule has 0 radical (unpaired) electrons. The molecule has 0 atom stereocenters. The first-order chi connectivity index (χ1) is 15.3. The summed E-state index contributed by atoms with van der Waals surface area (Å²) in [7, 11) is 0. The lowest BCUT2D eigenvalue weighted by atomic mass is 9.89. The summed E-state index contributed by atoms with van der Waals surface area (Å²) < 4.78 is 0. The van der Waals surface area contributed by atoms with E-state index in [0.29, 0.717) is 0 Å². The molecule has 0 saturated carbocycles. The minimum atomic E-state index is 0.0353. The van der Waals surface area contributed by atoms with Crippen LogP contribution in [0.15, 0.2) is 115 Å². The number of rotatable bonds is 4. The molecule has 3 aromatic carbocycles. The first kappa shape index (κ1) is 19.2. The van der Waals surface area contributed by atoms with Gasteiger partial charge in [-0.05, 0) is 63.1 Å². The fourth-order valence-corrected chi connectivity index (χ4v) is 4.59. The van der Waals surface area contributed by atoms with Crippen molar-refractivity contribution >= 4 is 34.3 Å². The largest absolute Gasteiger partial charge is 0.289 e. The molecular weight excluding hydrogens is 396 g/mol.